The number of hydrogen-bond donors (Lipinski definition) is 1. The van der Waals surface area contributed by atoms with E-state index in [1.165, 1.54) is 29.6 Å². The Morgan fingerprint density at radius 1 is 1.26 bits per heavy atom. The molecule has 0 saturated heterocycles. The quantitative estimate of drug-likeness (QED) is 0.478. The lowest BCUT2D eigenvalue weighted by atomic mass is 9.97. The maximum absolute atomic E-state index is 12.0. The monoisotopic (exact) mass is 444 g/mol. The summed E-state index contributed by atoms with van der Waals surface area (Å²) in [6, 6.07) is 7.61. The van der Waals surface area contributed by atoms with Crippen LogP contribution in [0.1, 0.15) is 28.8 Å². The zero-order valence-electron chi connectivity index (χ0n) is 14.4. The summed E-state index contributed by atoms with van der Waals surface area (Å²) in [5.41, 5.74) is 4.65. The molecule has 6 nitrogen and oxygen atoms in total. The van der Waals surface area contributed by atoms with Crippen LogP contribution in [0.2, 0.25) is 0 Å². The van der Waals surface area contributed by atoms with Gasteiger partial charge in [-0.25, -0.2) is 15.4 Å². The first-order valence-electron chi connectivity index (χ1n) is 8.66. The number of carbonyl (C=O) groups excluding carboxylic acids is 1. The molecule has 2 aromatic heterocycles. The molecule has 2 heterocycles. The van der Waals surface area contributed by atoms with Crippen molar-refractivity contribution < 1.29 is 9.53 Å². The van der Waals surface area contributed by atoms with E-state index in [1.54, 1.807) is 17.6 Å². The predicted molar refractivity (Wildman–Crippen MR) is 109 cm³/mol. The van der Waals surface area contributed by atoms with E-state index in [-0.39, 0.29) is 12.5 Å². The second-order valence-electron chi connectivity index (χ2n) is 6.20. The molecule has 0 bridgehead atoms. The lowest BCUT2D eigenvalue weighted by molar-refractivity contribution is -0.123. The molecule has 27 heavy (non-hydrogen) atoms. The summed E-state index contributed by atoms with van der Waals surface area (Å²) in [6.45, 7) is -0.144. The van der Waals surface area contributed by atoms with Gasteiger partial charge in [-0.15, -0.1) is 11.3 Å². The molecule has 1 aromatic carbocycles. The van der Waals surface area contributed by atoms with Crippen molar-refractivity contribution in [2.24, 2.45) is 5.10 Å². The number of hydrogen-bond acceptors (Lipinski definition) is 6. The van der Waals surface area contributed by atoms with Gasteiger partial charge in [0.2, 0.25) is 5.88 Å². The van der Waals surface area contributed by atoms with Crippen molar-refractivity contribution in [2.45, 2.75) is 25.7 Å². The molecule has 4 rings (SSSR count). The molecule has 0 aliphatic heterocycles. The number of amides is 1. The van der Waals surface area contributed by atoms with Crippen LogP contribution in [0.3, 0.4) is 0 Å². The zero-order chi connectivity index (χ0) is 18.6. The highest BCUT2D eigenvalue weighted by atomic mass is 79.9. The third-order valence-corrected chi connectivity index (χ3v) is 6.06. The van der Waals surface area contributed by atoms with E-state index >= 15 is 0 Å². The second-order valence-corrected chi connectivity index (χ2v) is 8.20. The molecular formula is C19H17BrN4O2S. The van der Waals surface area contributed by atoms with E-state index in [1.807, 2.05) is 24.3 Å². The molecule has 0 radical (unpaired) electrons. The predicted octanol–water partition coefficient (Wildman–Crippen LogP) is 3.86. The average Bonchev–Trinajstić information content (AvgIpc) is 3.07. The Morgan fingerprint density at radius 2 is 2.07 bits per heavy atom. The van der Waals surface area contributed by atoms with Crippen molar-refractivity contribution in [1.29, 1.82) is 0 Å². The number of thiophene rings is 1. The van der Waals surface area contributed by atoms with Crippen molar-refractivity contribution in [1.82, 2.24) is 15.4 Å². The fourth-order valence-corrected chi connectivity index (χ4v) is 4.55. The average molecular weight is 445 g/mol. The minimum atomic E-state index is -0.334. The Morgan fingerprint density at radius 3 is 2.93 bits per heavy atom. The van der Waals surface area contributed by atoms with Crippen molar-refractivity contribution in [2.75, 3.05) is 6.61 Å². The molecular weight excluding hydrogens is 428 g/mol. The zero-order valence-corrected chi connectivity index (χ0v) is 16.8. The molecule has 0 unspecified atom stereocenters. The van der Waals surface area contributed by atoms with Gasteiger partial charge in [-0.05, 0) is 48.9 Å². The normalized spacial score (nSPS) is 13.7. The molecule has 1 N–H and O–H groups in total. The van der Waals surface area contributed by atoms with E-state index in [4.69, 9.17) is 4.74 Å². The first-order chi connectivity index (χ1) is 13.2. The molecule has 1 amide bonds. The van der Waals surface area contributed by atoms with Gasteiger partial charge in [0, 0.05) is 9.35 Å². The Hall–Kier alpha value is -2.32. The van der Waals surface area contributed by atoms with Crippen molar-refractivity contribution in [3.05, 3.63) is 51.1 Å². The molecule has 1 aliphatic carbocycles. The fraction of sp³-hybridized carbons (Fsp3) is 0.263. The number of nitrogens with one attached hydrogen (secondary N) is 1. The molecule has 0 spiro atoms. The maximum atomic E-state index is 12.0. The molecule has 1 aliphatic rings. The summed E-state index contributed by atoms with van der Waals surface area (Å²) in [5.74, 6) is 0.144. The molecule has 138 valence electrons. The van der Waals surface area contributed by atoms with Gasteiger partial charge in [-0.2, -0.15) is 5.10 Å². The molecule has 3 aromatic rings. The van der Waals surface area contributed by atoms with Gasteiger partial charge in [0.1, 0.15) is 11.2 Å². The van der Waals surface area contributed by atoms with Crippen molar-refractivity contribution >= 4 is 49.6 Å². The van der Waals surface area contributed by atoms with Gasteiger partial charge >= 0.3 is 0 Å². The summed E-state index contributed by atoms with van der Waals surface area (Å²) in [7, 11) is 0. The third-order valence-electron chi connectivity index (χ3n) is 4.33. The summed E-state index contributed by atoms with van der Waals surface area (Å²) in [5, 5.41) is 4.92. The Balaban J connectivity index is 1.40. The first kappa shape index (κ1) is 18.1. The minimum Gasteiger partial charge on any atom is -0.467 e. The molecule has 0 fully saturated rings. The van der Waals surface area contributed by atoms with Crippen LogP contribution < -0.4 is 10.2 Å². The second kappa shape index (κ2) is 8.14. The molecule has 0 saturated carbocycles. The van der Waals surface area contributed by atoms with Crippen molar-refractivity contribution in [3.63, 3.8) is 0 Å². The number of rotatable bonds is 5. The van der Waals surface area contributed by atoms with Crippen LogP contribution in [0.5, 0.6) is 5.88 Å². The number of hydrazone groups is 1. The van der Waals surface area contributed by atoms with Gasteiger partial charge in [-0.1, -0.05) is 28.1 Å². The SMILES string of the molecule is O=C(COc1ncnc2sc3c(c12)CCCC3)N/N=C\c1ccc(Br)cc1. The standard InChI is InChI=1S/C19H17BrN4O2S/c20-13-7-5-12(6-8-13)9-23-24-16(25)10-26-18-17-14-3-1-2-4-15(14)27-19(17)22-11-21-18/h5-9,11H,1-4,10H2,(H,24,25)/b23-9-. The van der Waals surface area contributed by atoms with Crippen LogP contribution in [0.15, 0.2) is 40.2 Å². The molecule has 0 atom stereocenters. The van der Waals surface area contributed by atoms with Gasteiger partial charge in [0.25, 0.3) is 5.91 Å². The summed E-state index contributed by atoms with van der Waals surface area (Å²) < 4.78 is 6.68. The summed E-state index contributed by atoms with van der Waals surface area (Å²) >= 11 is 5.08. The minimum absolute atomic E-state index is 0.144. The van der Waals surface area contributed by atoms with Crippen LogP contribution in [0, 0.1) is 0 Å². The van der Waals surface area contributed by atoms with Gasteiger partial charge in [-0.3, -0.25) is 4.79 Å². The van der Waals surface area contributed by atoms with Gasteiger partial charge in [0.15, 0.2) is 6.61 Å². The largest absolute Gasteiger partial charge is 0.467 e. The number of benzene rings is 1. The highest BCUT2D eigenvalue weighted by molar-refractivity contribution is 9.10. The Kier molecular flexibility index (Phi) is 5.45. The summed E-state index contributed by atoms with van der Waals surface area (Å²) in [4.78, 5) is 22.9. The first-order valence-corrected chi connectivity index (χ1v) is 10.3. The van der Waals surface area contributed by atoms with E-state index in [2.05, 4.69) is 36.4 Å². The topological polar surface area (TPSA) is 76.5 Å². The highest BCUT2D eigenvalue weighted by Gasteiger charge is 2.20. The van der Waals surface area contributed by atoms with Crippen LogP contribution in [0.25, 0.3) is 10.2 Å². The Bertz CT molecular complexity index is 1000. The highest BCUT2D eigenvalue weighted by Crippen LogP contribution is 2.38. The number of aryl methyl sites for hydroxylation is 2. The number of fused-ring (bicyclic) bond motifs is 3. The number of nitrogens with zero attached hydrogens (tertiary/aromatic N) is 3. The fourth-order valence-electron chi connectivity index (χ4n) is 3.06. The van der Waals surface area contributed by atoms with E-state index < -0.39 is 0 Å². The third kappa shape index (κ3) is 4.17. The molecule has 8 heteroatoms. The van der Waals surface area contributed by atoms with E-state index in [9.17, 15) is 4.79 Å². The van der Waals surface area contributed by atoms with Crippen LogP contribution in [-0.4, -0.2) is 28.7 Å². The van der Waals surface area contributed by atoms with Crippen LogP contribution >= 0.6 is 27.3 Å². The number of aromatic nitrogens is 2. The number of halogens is 1. The van der Waals surface area contributed by atoms with E-state index in [0.717, 1.165) is 33.1 Å². The van der Waals surface area contributed by atoms with Gasteiger partial charge < -0.3 is 4.74 Å². The lowest BCUT2D eigenvalue weighted by Gasteiger charge is -2.11. The Labute approximate surface area is 168 Å². The van der Waals surface area contributed by atoms with Crippen molar-refractivity contribution in [3.8, 4) is 5.88 Å². The number of carbonyl (C=O) groups is 1. The summed E-state index contributed by atoms with van der Waals surface area (Å²) in [6.07, 6.45) is 7.55. The lowest BCUT2D eigenvalue weighted by Crippen LogP contribution is -2.25. The number of ether oxygens (including phenoxy) is 1. The van der Waals surface area contributed by atoms with Gasteiger partial charge in [0.05, 0.1) is 11.6 Å². The van der Waals surface area contributed by atoms with Crippen LogP contribution in [0.4, 0.5) is 0 Å². The van der Waals surface area contributed by atoms with E-state index in [0.29, 0.717) is 5.88 Å². The maximum Gasteiger partial charge on any atom is 0.278 e. The smallest absolute Gasteiger partial charge is 0.278 e. The van der Waals surface area contributed by atoms with Crippen LogP contribution in [-0.2, 0) is 17.6 Å².